The number of nitro groups is 1. The van der Waals surface area contributed by atoms with Gasteiger partial charge < -0.3 is 9.47 Å². The van der Waals surface area contributed by atoms with E-state index in [2.05, 4.69) is 0 Å². The van der Waals surface area contributed by atoms with E-state index >= 15 is 0 Å². The zero-order chi connectivity index (χ0) is 18.4. The highest BCUT2D eigenvalue weighted by molar-refractivity contribution is 8.00. The Morgan fingerprint density at radius 1 is 1.40 bits per heavy atom. The van der Waals surface area contributed by atoms with Crippen molar-refractivity contribution in [2.75, 3.05) is 19.0 Å². The number of carbonyl (C=O) groups excluding carboxylic acids is 1. The quantitative estimate of drug-likeness (QED) is 0.324. The lowest BCUT2D eigenvalue weighted by molar-refractivity contribution is -0.388. The van der Waals surface area contributed by atoms with Gasteiger partial charge in [-0.1, -0.05) is 0 Å². The number of hydrogen-bond donors (Lipinski definition) is 0. The van der Waals surface area contributed by atoms with E-state index in [1.807, 2.05) is 0 Å². The Kier molecular flexibility index (Phi) is 6.65. The molecule has 10 heteroatoms. The SMILES string of the molecule is O=C(CSc1ccc(C(F)(F)F)cc1[N+](=O)[O-])OCC1CCCCO1. The molecule has 0 aromatic heterocycles. The minimum absolute atomic E-state index is 0.0242. The molecule has 1 fully saturated rings. The standard InChI is InChI=1S/C15H16F3NO5S/c16-15(17,18)10-4-5-13(12(7-10)19(21)22)25-9-14(20)24-8-11-3-1-2-6-23-11/h4-5,7,11H,1-3,6,8-9H2. The number of thioether (sulfide) groups is 1. The van der Waals surface area contributed by atoms with E-state index in [4.69, 9.17) is 9.47 Å². The highest BCUT2D eigenvalue weighted by atomic mass is 32.2. The first-order chi connectivity index (χ1) is 11.8. The Morgan fingerprint density at radius 2 is 2.16 bits per heavy atom. The van der Waals surface area contributed by atoms with Crippen LogP contribution in [0.25, 0.3) is 0 Å². The third-order valence-electron chi connectivity index (χ3n) is 3.53. The van der Waals surface area contributed by atoms with Crippen molar-refractivity contribution < 1.29 is 32.4 Å². The van der Waals surface area contributed by atoms with Crippen molar-refractivity contribution >= 4 is 23.4 Å². The third kappa shape index (κ3) is 5.89. The highest BCUT2D eigenvalue weighted by Gasteiger charge is 2.33. The molecule has 0 amide bonds. The Bertz CT molecular complexity index is 632. The van der Waals surface area contributed by atoms with Crippen LogP contribution in [0.5, 0.6) is 0 Å². The Labute approximate surface area is 145 Å². The lowest BCUT2D eigenvalue weighted by Crippen LogP contribution is -2.26. The van der Waals surface area contributed by atoms with Crippen molar-refractivity contribution in [1.29, 1.82) is 0 Å². The maximum atomic E-state index is 12.6. The summed E-state index contributed by atoms with van der Waals surface area (Å²) in [7, 11) is 0. The van der Waals surface area contributed by atoms with Crippen LogP contribution in [-0.2, 0) is 20.4 Å². The zero-order valence-electron chi connectivity index (χ0n) is 13.1. The first-order valence-corrected chi connectivity index (χ1v) is 8.51. The predicted octanol–water partition coefficient (Wildman–Crippen LogP) is 3.82. The molecule has 1 aromatic carbocycles. The molecule has 1 saturated heterocycles. The van der Waals surface area contributed by atoms with Crippen LogP contribution in [0.15, 0.2) is 23.1 Å². The van der Waals surface area contributed by atoms with Crippen LogP contribution in [-0.4, -0.2) is 36.0 Å². The second kappa shape index (κ2) is 8.52. The van der Waals surface area contributed by atoms with E-state index in [9.17, 15) is 28.1 Å². The van der Waals surface area contributed by atoms with Gasteiger partial charge in [-0.2, -0.15) is 13.2 Å². The third-order valence-corrected chi connectivity index (χ3v) is 4.57. The van der Waals surface area contributed by atoms with Crippen molar-refractivity contribution in [2.45, 2.75) is 36.4 Å². The summed E-state index contributed by atoms with van der Waals surface area (Å²) in [5.74, 6) is -0.841. The van der Waals surface area contributed by atoms with Gasteiger partial charge in [-0.3, -0.25) is 14.9 Å². The topological polar surface area (TPSA) is 78.7 Å². The molecule has 0 aliphatic carbocycles. The number of nitro benzene ring substituents is 1. The van der Waals surface area contributed by atoms with Gasteiger partial charge in [0.25, 0.3) is 5.69 Å². The van der Waals surface area contributed by atoms with Crippen LogP contribution in [0, 0.1) is 10.1 Å². The molecule has 1 heterocycles. The van der Waals surface area contributed by atoms with Gasteiger partial charge in [-0.05, 0) is 31.4 Å². The van der Waals surface area contributed by atoms with Crippen LogP contribution in [0.2, 0.25) is 0 Å². The van der Waals surface area contributed by atoms with E-state index in [1.165, 1.54) is 0 Å². The first kappa shape index (κ1) is 19.5. The fraction of sp³-hybridized carbons (Fsp3) is 0.533. The summed E-state index contributed by atoms with van der Waals surface area (Å²) >= 11 is 0.765. The number of carbonyl (C=O) groups is 1. The fourth-order valence-electron chi connectivity index (χ4n) is 2.26. The maximum absolute atomic E-state index is 12.6. The molecular formula is C15H16F3NO5S. The number of nitrogens with zero attached hydrogens (tertiary/aromatic N) is 1. The second-order valence-corrected chi connectivity index (χ2v) is 6.41. The average Bonchev–Trinajstić information content (AvgIpc) is 2.58. The van der Waals surface area contributed by atoms with Crippen molar-refractivity contribution in [1.82, 2.24) is 0 Å². The summed E-state index contributed by atoms with van der Waals surface area (Å²) in [4.78, 5) is 21.8. The summed E-state index contributed by atoms with van der Waals surface area (Å²) in [6, 6.07) is 2.20. The predicted molar refractivity (Wildman–Crippen MR) is 83.4 cm³/mol. The number of benzene rings is 1. The van der Waals surface area contributed by atoms with Crippen LogP contribution >= 0.6 is 11.8 Å². The Balaban J connectivity index is 1.92. The molecule has 0 bridgehead atoms. The normalized spacial score (nSPS) is 18.0. The molecule has 25 heavy (non-hydrogen) atoms. The Hall–Kier alpha value is -1.81. The molecule has 138 valence electrons. The lowest BCUT2D eigenvalue weighted by atomic mass is 10.1. The van der Waals surface area contributed by atoms with E-state index in [1.54, 1.807) is 0 Å². The van der Waals surface area contributed by atoms with Gasteiger partial charge in [0.15, 0.2) is 0 Å². The van der Waals surface area contributed by atoms with Crippen molar-refractivity contribution in [3.05, 3.63) is 33.9 Å². The number of esters is 1. The molecule has 0 spiro atoms. The number of ether oxygens (including phenoxy) is 2. The number of halogens is 3. The molecule has 1 aromatic rings. The second-order valence-electron chi connectivity index (χ2n) is 5.40. The summed E-state index contributed by atoms with van der Waals surface area (Å²) in [5.41, 5.74) is -1.80. The highest BCUT2D eigenvalue weighted by Crippen LogP contribution is 2.36. The Morgan fingerprint density at radius 3 is 2.76 bits per heavy atom. The van der Waals surface area contributed by atoms with Gasteiger partial charge >= 0.3 is 12.1 Å². The largest absolute Gasteiger partial charge is 0.462 e. The molecule has 1 aliphatic heterocycles. The maximum Gasteiger partial charge on any atom is 0.416 e. The van der Waals surface area contributed by atoms with Gasteiger partial charge in [-0.25, -0.2) is 0 Å². The number of rotatable bonds is 6. The van der Waals surface area contributed by atoms with Crippen molar-refractivity contribution in [3.8, 4) is 0 Å². The van der Waals surface area contributed by atoms with Crippen LogP contribution in [0.3, 0.4) is 0 Å². The lowest BCUT2D eigenvalue weighted by Gasteiger charge is -2.21. The monoisotopic (exact) mass is 379 g/mol. The van der Waals surface area contributed by atoms with Crippen LogP contribution < -0.4 is 0 Å². The molecule has 1 aliphatic rings. The molecule has 1 unspecified atom stereocenters. The molecule has 0 radical (unpaired) electrons. The van der Waals surface area contributed by atoms with Gasteiger partial charge in [0.2, 0.25) is 0 Å². The van der Waals surface area contributed by atoms with Crippen LogP contribution in [0.1, 0.15) is 24.8 Å². The van der Waals surface area contributed by atoms with Gasteiger partial charge in [0, 0.05) is 12.7 Å². The van der Waals surface area contributed by atoms with E-state index in [0.29, 0.717) is 12.7 Å². The molecule has 0 N–H and O–H groups in total. The van der Waals surface area contributed by atoms with E-state index in [0.717, 1.165) is 43.2 Å². The first-order valence-electron chi connectivity index (χ1n) is 7.53. The van der Waals surface area contributed by atoms with Gasteiger partial charge in [0.1, 0.15) is 6.61 Å². The molecule has 6 nitrogen and oxygen atoms in total. The minimum Gasteiger partial charge on any atom is -0.462 e. The molecule has 2 rings (SSSR count). The van der Waals surface area contributed by atoms with Crippen molar-refractivity contribution in [2.24, 2.45) is 0 Å². The van der Waals surface area contributed by atoms with E-state index < -0.39 is 28.3 Å². The van der Waals surface area contributed by atoms with Crippen LogP contribution in [0.4, 0.5) is 18.9 Å². The zero-order valence-corrected chi connectivity index (χ0v) is 13.9. The minimum atomic E-state index is -4.67. The average molecular weight is 379 g/mol. The summed E-state index contributed by atoms with van der Waals surface area (Å²) in [6.07, 6.45) is -2.06. The number of alkyl halides is 3. The smallest absolute Gasteiger partial charge is 0.416 e. The van der Waals surface area contributed by atoms with Crippen molar-refractivity contribution in [3.63, 3.8) is 0 Å². The van der Waals surface area contributed by atoms with Gasteiger partial charge in [-0.15, -0.1) is 11.8 Å². The fourth-order valence-corrected chi connectivity index (χ4v) is 3.06. The number of hydrogen-bond acceptors (Lipinski definition) is 6. The molecular weight excluding hydrogens is 363 g/mol. The molecule has 0 saturated carbocycles. The summed E-state index contributed by atoms with van der Waals surface area (Å²) in [6.45, 7) is 0.725. The van der Waals surface area contributed by atoms with E-state index in [-0.39, 0.29) is 23.4 Å². The molecule has 1 atom stereocenters. The van der Waals surface area contributed by atoms with Gasteiger partial charge in [0.05, 0.1) is 27.2 Å². The summed E-state index contributed by atoms with van der Waals surface area (Å²) in [5, 5.41) is 11.0. The summed E-state index contributed by atoms with van der Waals surface area (Å²) < 4.78 is 48.4.